The van der Waals surface area contributed by atoms with Gasteiger partial charge in [-0.3, -0.25) is 14.3 Å². The lowest BCUT2D eigenvalue weighted by molar-refractivity contribution is -0.137. The molecule has 0 aliphatic carbocycles. The molecule has 0 aliphatic rings. The van der Waals surface area contributed by atoms with Gasteiger partial charge in [-0.15, -0.1) is 0 Å². The minimum atomic E-state index is -1.06. The second-order valence-corrected chi connectivity index (χ2v) is 5.02. The van der Waals surface area contributed by atoms with E-state index in [0.29, 0.717) is 16.7 Å². The predicted octanol–water partition coefficient (Wildman–Crippen LogP) is 0.985. The maximum Gasteiger partial charge on any atom is 0.325 e. The Bertz CT molecular complexity index is 915. The van der Waals surface area contributed by atoms with Crippen LogP contribution >= 0.6 is 0 Å². The number of rotatable bonds is 4. The van der Waals surface area contributed by atoms with Gasteiger partial charge in [0.05, 0.1) is 5.52 Å². The van der Waals surface area contributed by atoms with Gasteiger partial charge in [0.1, 0.15) is 12.4 Å². The molecule has 0 saturated heterocycles. The lowest BCUT2D eigenvalue weighted by Gasteiger charge is -2.03. The number of amides is 1. The van der Waals surface area contributed by atoms with E-state index < -0.39 is 11.9 Å². The molecule has 3 rings (SSSR count). The number of aromatic nitrogens is 4. The standard InChI is InChI=1S/C15H13N5O3/c1-8-17-5-10(6-18-8)9-2-3-11-12(4-9)20(7-13(21)22)19-14(11)15(16)23/h2-6H,7H2,1H3,(H2,16,23)(H,21,22). The molecule has 0 fully saturated rings. The number of carbonyl (C=O) groups is 2. The lowest BCUT2D eigenvalue weighted by Crippen LogP contribution is -2.14. The number of aryl methyl sites for hydroxylation is 1. The van der Waals surface area contributed by atoms with E-state index in [-0.39, 0.29) is 12.2 Å². The Labute approximate surface area is 130 Å². The van der Waals surface area contributed by atoms with E-state index in [9.17, 15) is 9.59 Å². The quantitative estimate of drug-likeness (QED) is 0.740. The van der Waals surface area contributed by atoms with Crippen LogP contribution in [0.1, 0.15) is 16.3 Å². The molecule has 3 aromatic rings. The van der Waals surface area contributed by atoms with Gasteiger partial charge in [-0.2, -0.15) is 5.10 Å². The van der Waals surface area contributed by atoms with Crippen molar-refractivity contribution in [1.29, 1.82) is 0 Å². The van der Waals surface area contributed by atoms with Crippen LogP contribution in [0.3, 0.4) is 0 Å². The maximum atomic E-state index is 11.5. The third kappa shape index (κ3) is 2.73. The first-order valence-corrected chi connectivity index (χ1v) is 6.77. The minimum absolute atomic E-state index is 0.0490. The highest BCUT2D eigenvalue weighted by atomic mass is 16.4. The van der Waals surface area contributed by atoms with Crippen molar-refractivity contribution >= 4 is 22.8 Å². The number of fused-ring (bicyclic) bond motifs is 1. The number of carbonyl (C=O) groups excluding carboxylic acids is 1. The van der Waals surface area contributed by atoms with E-state index in [2.05, 4.69) is 15.1 Å². The molecular formula is C15H13N5O3. The van der Waals surface area contributed by atoms with Crippen LogP contribution in [0.2, 0.25) is 0 Å². The van der Waals surface area contributed by atoms with Crippen molar-refractivity contribution in [2.24, 2.45) is 5.73 Å². The second kappa shape index (κ2) is 5.48. The predicted molar refractivity (Wildman–Crippen MR) is 81.6 cm³/mol. The topological polar surface area (TPSA) is 124 Å². The molecule has 0 unspecified atom stereocenters. The molecule has 0 radical (unpaired) electrons. The largest absolute Gasteiger partial charge is 0.480 e. The molecule has 8 nitrogen and oxygen atoms in total. The maximum absolute atomic E-state index is 11.5. The van der Waals surface area contributed by atoms with Crippen LogP contribution in [0, 0.1) is 6.92 Å². The fourth-order valence-corrected chi connectivity index (χ4v) is 2.33. The zero-order chi connectivity index (χ0) is 16.6. The summed E-state index contributed by atoms with van der Waals surface area (Å²) in [7, 11) is 0. The van der Waals surface area contributed by atoms with Crippen molar-refractivity contribution in [1.82, 2.24) is 19.7 Å². The van der Waals surface area contributed by atoms with Crippen LogP contribution in [0.15, 0.2) is 30.6 Å². The molecule has 23 heavy (non-hydrogen) atoms. The molecular weight excluding hydrogens is 298 g/mol. The molecule has 0 saturated carbocycles. The third-order valence-electron chi connectivity index (χ3n) is 3.38. The summed E-state index contributed by atoms with van der Waals surface area (Å²) in [5.41, 5.74) is 7.44. The van der Waals surface area contributed by atoms with Crippen molar-refractivity contribution in [3.8, 4) is 11.1 Å². The molecule has 116 valence electrons. The van der Waals surface area contributed by atoms with Gasteiger partial charge in [-0.25, -0.2) is 9.97 Å². The van der Waals surface area contributed by atoms with Crippen molar-refractivity contribution in [2.45, 2.75) is 13.5 Å². The fourth-order valence-electron chi connectivity index (χ4n) is 2.33. The highest BCUT2D eigenvalue weighted by Crippen LogP contribution is 2.25. The van der Waals surface area contributed by atoms with E-state index in [1.165, 1.54) is 4.68 Å². The van der Waals surface area contributed by atoms with Gasteiger partial charge in [-0.1, -0.05) is 6.07 Å². The summed E-state index contributed by atoms with van der Waals surface area (Å²) in [5.74, 6) is -1.11. The number of benzene rings is 1. The van der Waals surface area contributed by atoms with Crippen molar-refractivity contribution in [3.05, 3.63) is 42.1 Å². The molecule has 2 aromatic heterocycles. The van der Waals surface area contributed by atoms with Crippen molar-refractivity contribution in [2.75, 3.05) is 0 Å². The average molecular weight is 311 g/mol. The van der Waals surface area contributed by atoms with Crippen molar-refractivity contribution < 1.29 is 14.7 Å². The summed E-state index contributed by atoms with van der Waals surface area (Å²) in [5, 5.41) is 13.5. The van der Waals surface area contributed by atoms with Crippen LogP contribution in [-0.4, -0.2) is 36.7 Å². The number of carboxylic acids is 1. The number of hydrogen-bond donors (Lipinski definition) is 2. The molecule has 3 N–H and O–H groups in total. The highest BCUT2D eigenvalue weighted by Gasteiger charge is 2.17. The first-order chi connectivity index (χ1) is 11.0. The van der Waals surface area contributed by atoms with Gasteiger partial charge in [0.15, 0.2) is 5.69 Å². The lowest BCUT2D eigenvalue weighted by atomic mass is 10.1. The number of nitrogens with two attached hydrogens (primary N) is 1. The Morgan fingerprint density at radius 1 is 1.22 bits per heavy atom. The first kappa shape index (κ1) is 14.6. The highest BCUT2D eigenvalue weighted by molar-refractivity contribution is 6.05. The normalized spacial score (nSPS) is 10.8. The molecule has 0 bridgehead atoms. The summed E-state index contributed by atoms with van der Waals surface area (Å²) < 4.78 is 1.25. The van der Waals surface area contributed by atoms with Gasteiger partial charge < -0.3 is 10.8 Å². The Morgan fingerprint density at radius 3 is 2.52 bits per heavy atom. The Hall–Kier alpha value is -3.29. The van der Waals surface area contributed by atoms with Gasteiger partial charge in [-0.05, 0) is 24.6 Å². The van der Waals surface area contributed by atoms with Gasteiger partial charge in [0, 0.05) is 23.3 Å². The first-order valence-electron chi connectivity index (χ1n) is 6.77. The zero-order valence-corrected chi connectivity index (χ0v) is 12.2. The van der Waals surface area contributed by atoms with E-state index in [0.717, 1.165) is 11.1 Å². The summed E-state index contributed by atoms with van der Waals surface area (Å²) in [6.07, 6.45) is 3.35. The molecule has 1 aromatic carbocycles. The number of aliphatic carboxylic acids is 1. The molecule has 8 heteroatoms. The SMILES string of the molecule is Cc1ncc(-c2ccc3c(C(N)=O)nn(CC(=O)O)c3c2)cn1. The number of primary amides is 1. The second-order valence-electron chi connectivity index (χ2n) is 5.02. The van der Waals surface area contributed by atoms with Crippen LogP contribution in [-0.2, 0) is 11.3 Å². The van der Waals surface area contributed by atoms with E-state index in [1.54, 1.807) is 37.5 Å². The summed E-state index contributed by atoms with van der Waals surface area (Å²) >= 11 is 0. The Balaban J connectivity index is 2.19. The van der Waals surface area contributed by atoms with E-state index in [4.69, 9.17) is 10.8 Å². The van der Waals surface area contributed by atoms with Crippen molar-refractivity contribution in [3.63, 3.8) is 0 Å². The molecule has 2 heterocycles. The smallest absolute Gasteiger partial charge is 0.325 e. The molecule has 1 amide bonds. The monoisotopic (exact) mass is 311 g/mol. The van der Waals surface area contributed by atoms with Crippen LogP contribution in [0.4, 0.5) is 0 Å². The van der Waals surface area contributed by atoms with Gasteiger partial charge in [0.2, 0.25) is 0 Å². The summed E-state index contributed by atoms with van der Waals surface area (Å²) in [6, 6.07) is 5.22. The molecule has 0 spiro atoms. The van der Waals surface area contributed by atoms with Crippen LogP contribution in [0.5, 0.6) is 0 Å². The molecule has 0 atom stereocenters. The number of nitrogens with zero attached hydrogens (tertiary/aromatic N) is 4. The molecule has 0 aliphatic heterocycles. The number of carboxylic acid groups (broad SMARTS) is 1. The van der Waals surface area contributed by atoms with E-state index >= 15 is 0 Å². The van der Waals surface area contributed by atoms with Gasteiger partial charge in [0.25, 0.3) is 5.91 Å². The van der Waals surface area contributed by atoms with E-state index in [1.807, 2.05) is 0 Å². The van der Waals surface area contributed by atoms with Crippen LogP contribution < -0.4 is 5.73 Å². The minimum Gasteiger partial charge on any atom is -0.480 e. The summed E-state index contributed by atoms with van der Waals surface area (Å²) in [6.45, 7) is 1.42. The third-order valence-corrected chi connectivity index (χ3v) is 3.38. The summed E-state index contributed by atoms with van der Waals surface area (Å²) in [4.78, 5) is 30.7. The Kier molecular flexibility index (Phi) is 3.49. The average Bonchev–Trinajstić information content (AvgIpc) is 2.86. The van der Waals surface area contributed by atoms with Crippen LogP contribution in [0.25, 0.3) is 22.0 Å². The number of hydrogen-bond acceptors (Lipinski definition) is 5. The zero-order valence-electron chi connectivity index (χ0n) is 12.2. The fraction of sp³-hybridized carbons (Fsp3) is 0.133. The Morgan fingerprint density at radius 2 is 1.91 bits per heavy atom. The van der Waals surface area contributed by atoms with Gasteiger partial charge >= 0.3 is 5.97 Å².